The zero-order valence-corrected chi connectivity index (χ0v) is 11.4. The summed E-state index contributed by atoms with van der Waals surface area (Å²) in [5.41, 5.74) is 8.84. The molecule has 0 fully saturated rings. The maximum Gasteiger partial charge on any atom is 0.144 e. The van der Waals surface area contributed by atoms with Gasteiger partial charge in [0.1, 0.15) is 5.75 Å². The Morgan fingerprint density at radius 3 is 2.75 bits per heavy atom. The minimum atomic E-state index is 0.618. The standard InChI is InChI=1S/C16H17N3O/c1-2-8-20-16-10-14(6-7-15(16)18)19-13-5-3-4-12(9-13)11-17/h3-7,9-10,19H,2,8,18H2,1H3. The van der Waals surface area contributed by atoms with Crippen LogP contribution in [0.3, 0.4) is 0 Å². The number of ether oxygens (including phenoxy) is 1. The predicted octanol–water partition coefficient (Wildman–Crippen LogP) is 3.67. The van der Waals surface area contributed by atoms with E-state index >= 15 is 0 Å². The Morgan fingerprint density at radius 2 is 2.00 bits per heavy atom. The molecule has 0 heterocycles. The average Bonchev–Trinajstić information content (AvgIpc) is 2.48. The van der Waals surface area contributed by atoms with E-state index in [9.17, 15) is 0 Å². The van der Waals surface area contributed by atoms with Gasteiger partial charge in [0.05, 0.1) is 23.9 Å². The van der Waals surface area contributed by atoms with Crippen molar-refractivity contribution in [1.82, 2.24) is 0 Å². The fraction of sp³-hybridized carbons (Fsp3) is 0.188. The summed E-state index contributed by atoms with van der Waals surface area (Å²) in [4.78, 5) is 0. The number of nitrogens with two attached hydrogens (primary N) is 1. The highest BCUT2D eigenvalue weighted by Gasteiger charge is 2.03. The van der Waals surface area contributed by atoms with Crippen LogP contribution in [0.4, 0.5) is 17.1 Å². The Bertz CT molecular complexity index is 632. The van der Waals surface area contributed by atoms with Gasteiger partial charge in [-0.15, -0.1) is 0 Å². The molecule has 4 nitrogen and oxygen atoms in total. The van der Waals surface area contributed by atoms with Gasteiger partial charge in [-0.2, -0.15) is 5.26 Å². The summed E-state index contributed by atoms with van der Waals surface area (Å²) in [6.45, 7) is 2.68. The highest BCUT2D eigenvalue weighted by atomic mass is 16.5. The lowest BCUT2D eigenvalue weighted by Gasteiger charge is -2.11. The van der Waals surface area contributed by atoms with Crippen molar-refractivity contribution in [1.29, 1.82) is 5.26 Å². The third-order valence-corrected chi connectivity index (χ3v) is 2.76. The quantitative estimate of drug-likeness (QED) is 0.811. The second-order valence-electron chi connectivity index (χ2n) is 4.42. The van der Waals surface area contributed by atoms with Crippen LogP contribution in [-0.4, -0.2) is 6.61 Å². The number of benzene rings is 2. The number of hydrogen-bond acceptors (Lipinski definition) is 4. The summed E-state index contributed by atoms with van der Waals surface area (Å²) in [6, 6.07) is 15.0. The van der Waals surface area contributed by atoms with E-state index in [1.54, 1.807) is 12.1 Å². The van der Waals surface area contributed by atoms with Crippen LogP contribution in [0.1, 0.15) is 18.9 Å². The van der Waals surface area contributed by atoms with Gasteiger partial charge in [-0.1, -0.05) is 13.0 Å². The topological polar surface area (TPSA) is 71.1 Å². The molecule has 2 aromatic carbocycles. The number of rotatable bonds is 5. The minimum Gasteiger partial charge on any atom is -0.491 e. The number of nitrogens with one attached hydrogen (secondary N) is 1. The molecule has 0 atom stereocenters. The molecule has 0 bridgehead atoms. The molecule has 0 aliphatic heterocycles. The molecular formula is C16H17N3O. The monoisotopic (exact) mass is 267 g/mol. The Morgan fingerprint density at radius 1 is 1.20 bits per heavy atom. The summed E-state index contributed by atoms with van der Waals surface area (Å²) >= 11 is 0. The molecule has 0 aromatic heterocycles. The first kappa shape index (κ1) is 13.8. The van der Waals surface area contributed by atoms with E-state index in [2.05, 4.69) is 11.4 Å². The molecule has 0 unspecified atom stereocenters. The minimum absolute atomic E-state index is 0.618. The van der Waals surface area contributed by atoms with Crippen LogP contribution in [-0.2, 0) is 0 Å². The smallest absolute Gasteiger partial charge is 0.144 e. The summed E-state index contributed by atoms with van der Waals surface area (Å²) in [6.07, 6.45) is 0.932. The van der Waals surface area contributed by atoms with Gasteiger partial charge in [0.25, 0.3) is 0 Å². The summed E-state index contributed by atoms with van der Waals surface area (Å²) in [5.74, 6) is 0.674. The van der Waals surface area contributed by atoms with Gasteiger partial charge in [-0.25, -0.2) is 0 Å². The maximum absolute atomic E-state index is 8.89. The largest absolute Gasteiger partial charge is 0.491 e. The maximum atomic E-state index is 8.89. The van der Waals surface area contributed by atoms with Crippen molar-refractivity contribution >= 4 is 17.1 Å². The lowest BCUT2D eigenvalue weighted by atomic mass is 10.2. The fourth-order valence-corrected chi connectivity index (χ4v) is 1.78. The number of nitrogen functional groups attached to an aromatic ring is 1. The fourth-order valence-electron chi connectivity index (χ4n) is 1.78. The molecule has 20 heavy (non-hydrogen) atoms. The van der Waals surface area contributed by atoms with Gasteiger partial charge < -0.3 is 15.8 Å². The zero-order chi connectivity index (χ0) is 14.4. The zero-order valence-electron chi connectivity index (χ0n) is 11.4. The summed E-state index contributed by atoms with van der Waals surface area (Å²) < 4.78 is 5.59. The lowest BCUT2D eigenvalue weighted by Crippen LogP contribution is -2.00. The van der Waals surface area contributed by atoms with Crippen molar-refractivity contribution in [3.63, 3.8) is 0 Å². The van der Waals surface area contributed by atoms with Crippen molar-refractivity contribution < 1.29 is 4.74 Å². The first-order valence-electron chi connectivity index (χ1n) is 6.52. The number of nitrogens with zero attached hydrogens (tertiary/aromatic N) is 1. The Kier molecular flexibility index (Phi) is 4.46. The van der Waals surface area contributed by atoms with Crippen LogP contribution in [0, 0.1) is 11.3 Å². The predicted molar refractivity (Wildman–Crippen MR) is 81.1 cm³/mol. The van der Waals surface area contributed by atoms with Crippen LogP contribution in [0.15, 0.2) is 42.5 Å². The van der Waals surface area contributed by atoms with E-state index in [0.29, 0.717) is 23.6 Å². The molecule has 102 valence electrons. The van der Waals surface area contributed by atoms with Gasteiger partial charge in [0.15, 0.2) is 0 Å². The highest BCUT2D eigenvalue weighted by Crippen LogP contribution is 2.27. The molecule has 4 heteroatoms. The van der Waals surface area contributed by atoms with Gasteiger partial charge in [-0.05, 0) is 36.8 Å². The van der Waals surface area contributed by atoms with Crippen molar-refractivity contribution in [3.8, 4) is 11.8 Å². The van der Waals surface area contributed by atoms with Crippen LogP contribution in [0.25, 0.3) is 0 Å². The number of hydrogen-bond donors (Lipinski definition) is 2. The average molecular weight is 267 g/mol. The van der Waals surface area contributed by atoms with Crippen molar-refractivity contribution in [3.05, 3.63) is 48.0 Å². The van der Waals surface area contributed by atoms with Gasteiger partial charge >= 0.3 is 0 Å². The van der Waals surface area contributed by atoms with Gasteiger partial charge in [0, 0.05) is 17.4 Å². The van der Waals surface area contributed by atoms with Crippen LogP contribution in [0.5, 0.6) is 5.75 Å². The van der Waals surface area contributed by atoms with E-state index in [1.807, 2.05) is 37.3 Å². The first-order valence-corrected chi connectivity index (χ1v) is 6.52. The molecule has 2 rings (SSSR count). The van der Waals surface area contributed by atoms with E-state index in [4.69, 9.17) is 15.7 Å². The van der Waals surface area contributed by atoms with E-state index in [1.165, 1.54) is 0 Å². The van der Waals surface area contributed by atoms with Gasteiger partial charge in [-0.3, -0.25) is 0 Å². The highest BCUT2D eigenvalue weighted by molar-refractivity contribution is 5.67. The summed E-state index contributed by atoms with van der Waals surface area (Å²) in [5, 5.41) is 12.1. The van der Waals surface area contributed by atoms with E-state index in [-0.39, 0.29) is 0 Å². The van der Waals surface area contributed by atoms with E-state index < -0.39 is 0 Å². The molecule has 3 N–H and O–H groups in total. The third-order valence-electron chi connectivity index (χ3n) is 2.76. The molecule has 0 aliphatic rings. The van der Waals surface area contributed by atoms with E-state index in [0.717, 1.165) is 17.8 Å². The Hall–Kier alpha value is -2.67. The first-order chi connectivity index (χ1) is 9.72. The second kappa shape index (κ2) is 6.48. The normalized spacial score (nSPS) is 9.80. The third kappa shape index (κ3) is 3.42. The van der Waals surface area contributed by atoms with Crippen LogP contribution < -0.4 is 15.8 Å². The van der Waals surface area contributed by atoms with Crippen LogP contribution in [0.2, 0.25) is 0 Å². The number of nitriles is 1. The molecule has 0 saturated carbocycles. The molecule has 0 spiro atoms. The second-order valence-corrected chi connectivity index (χ2v) is 4.42. The Labute approximate surface area is 118 Å². The van der Waals surface area contributed by atoms with Gasteiger partial charge in [0.2, 0.25) is 0 Å². The lowest BCUT2D eigenvalue weighted by molar-refractivity contribution is 0.319. The van der Waals surface area contributed by atoms with Crippen LogP contribution >= 0.6 is 0 Å². The van der Waals surface area contributed by atoms with Crippen molar-refractivity contribution in [2.24, 2.45) is 0 Å². The molecule has 0 radical (unpaired) electrons. The molecular weight excluding hydrogens is 250 g/mol. The molecule has 0 aliphatic carbocycles. The SMILES string of the molecule is CCCOc1cc(Nc2cccc(C#N)c2)ccc1N. The van der Waals surface area contributed by atoms with Crippen molar-refractivity contribution in [2.75, 3.05) is 17.7 Å². The van der Waals surface area contributed by atoms with Crippen molar-refractivity contribution in [2.45, 2.75) is 13.3 Å². The molecule has 0 saturated heterocycles. The summed E-state index contributed by atoms with van der Waals surface area (Å²) in [7, 11) is 0. The molecule has 0 amide bonds. The number of anilines is 3. The Balaban J connectivity index is 2.18. The molecule has 2 aromatic rings.